The molecule has 93 heavy (non-hydrogen) atoms. The second-order valence-electron chi connectivity index (χ2n) is 24.3. The minimum Gasteiger partial charge on any atom is -0.421 e. The third-order valence-corrected chi connectivity index (χ3v) is 17.9. The van der Waals surface area contributed by atoms with Gasteiger partial charge < -0.3 is 34.2 Å². The Kier molecular flexibility index (Phi) is 22.3. The van der Waals surface area contributed by atoms with Gasteiger partial charge in [-0.25, -0.2) is 9.36 Å². The van der Waals surface area contributed by atoms with Gasteiger partial charge in [-0.2, -0.15) is 10.2 Å². The van der Waals surface area contributed by atoms with Crippen LogP contribution >= 0.6 is 11.6 Å². The molecule has 0 saturated heterocycles. The van der Waals surface area contributed by atoms with E-state index in [2.05, 4.69) is 50.0 Å². The lowest BCUT2D eigenvalue weighted by Gasteiger charge is -2.36. The molecule has 2 aliphatic heterocycles. The number of aliphatic hydroxyl groups is 2. The predicted octanol–water partition coefficient (Wildman–Crippen LogP) is 13.9. The van der Waals surface area contributed by atoms with Crippen molar-refractivity contribution in [1.29, 1.82) is 0 Å². The summed E-state index contributed by atoms with van der Waals surface area (Å²) < 4.78 is 9.08. The summed E-state index contributed by atoms with van der Waals surface area (Å²) in [7, 11) is 0. The number of aryl methyl sites for hydroxylation is 3. The summed E-state index contributed by atoms with van der Waals surface area (Å²) in [6.45, 7) is 17.3. The molecule has 18 heteroatoms. The Bertz CT molecular complexity index is 4060. The first-order valence-corrected chi connectivity index (χ1v) is 33.2. The quantitative estimate of drug-likeness (QED) is 0.0618. The highest BCUT2D eigenvalue weighted by Gasteiger charge is 2.35. The van der Waals surface area contributed by atoms with Gasteiger partial charge in [-0.05, 0) is 158 Å². The Hall–Kier alpha value is -9.03. The van der Waals surface area contributed by atoms with Gasteiger partial charge in [0, 0.05) is 68.2 Å². The van der Waals surface area contributed by atoms with E-state index in [0.717, 1.165) is 113 Å². The Morgan fingerprint density at radius 1 is 0.495 bits per heavy atom. The number of unbranched alkanes of at least 4 members (excludes halogenated alkanes) is 4. The number of hydrogen-bond acceptors (Lipinski definition) is 11. The van der Waals surface area contributed by atoms with Crippen LogP contribution in [-0.2, 0) is 25.9 Å². The topological polar surface area (TPSA) is 196 Å². The Labute approximate surface area is 550 Å². The van der Waals surface area contributed by atoms with E-state index in [-0.39, 0.29) is 48.9 Å². The zero-order valence-electron chi connectivity index (χ0n) is 54.5. The number of aromatic nitrogens is 6. The van der Waals surface area contributed by atoms with Gasteiger partial charge >= 0.3 is 0 Å². The van der Waals surface area contributed by atoms with E-state index in [1.807, 2.05) is 151 Å². The van der Waals surface area contributed by atoms with Gasteiger partial charge in [0.2, 0.25) is 11.8 Å². The fourth-order valence-electron chi connectivity index (χ4n) is 12.3. The first-order chi connectivity index (χ1) is 45.1. The van der Waals surface area contributed by atoms with Crippen LogP contribution in [0.15, 0.2) is 150 Å². The third-order valence-electron chi connectivity index (χ3n) is 17.6. The van der Waals surface area contributed by atoms with E-state index >= 15 is 0 Å². The minimum atomic E-state index is -0.385. The molecule has 17 nitrogen and oxygen atoms in total. The van der Waals surface area contributed by atoms with E-state index < -0.39 is 0 Å². The van der Waals surface area contributed by atoms with E-state index in [0.29, 0.717) is 103 Å². The van der Waals surface area contributed by atoms with Crippen molar-refractivity contribution >= 4 is 35.2 Å². The highest BCUT2D eigenvalue weighted by molar-refractivity contribution is 6.30. The molecule has 11 rings (SSSR count). The number of fused-ring (bicyclic) bond motifs is 2. The largest absolute Gasteiger partial charge is 0.421 e. The predicted molar refractivity (Wildman–Crippen MR) is 364 cm³/mol. The zero-order valence-corrected chi connectivity index (χ0v) is 55.3. The number of aliphatic hydroxyl groups excluding tert-OH is 2. The van der Waals surface area contributed by atoms with Gasteiger partial charge in [-0.1, -0.05) is 150 Å². The average molecular weight is 1270 g/mol. The lowest BCUT2D eigenvalue weighted by Crippen LogP contribution is -2.46. The number of nitrogens with zero attached hydrogens (tertiary/aromatic N) is 10. The van der Waals surface area contributed by atoms with Crippen LogP contribution in [0.2, 0.25) is 5.02 Å². The molecule has 2 atom stereocenters. The molecular formula is C75H85ClN10O7. The molecule has 0 unspecified atom stereocenters. The zero-order chi connectivity index (χ0) is 65.7. The first-order valence-electron chi connectivity index (χ1n) is 32.8. The van der Waals surface area contributed by atoms with Crippen LogP contribution in [0.3, 0.4) is 0 Å². The van der Waals surface area contributed by atoms with Crippen LogP contribution in [0.25, 0.3) is 45.1 Å². The lowest BCUT2D eigenvalue weighted by molar-refractivity contribution is 0.0539. The number of halogens is 1. The van der Waals surface area contributed by atoms with Crippen molar-refractivity contribution < 1.29 is 33.8 Å². The molecule has 4 amide bonds. The number of rotatable bonds is 23. The molecule has 0 spiro atoms. The van der Waals surface area contributed by atoms with Gasteiger partial charge in [0.15, 0.2) is 11.4 Å². The molecule has 0 saturated carbocycles. The molecule has 3 aromatic heterocycles. The summed E-state index contributed by atoms with van der Waals surface area (Å²) >= 11 is 6.16. The highest BCUT2D eigenvalue weighted by atomic mass is 35.5. The molecule has 5 heterocycles. The summed E-state index contributed by atoms with van der Waals surface area (Å²) in [6.07, 6.45) is 8.86. The normalized spacial score (nSPS) is 14.3. The number of benzene rings is 6. The van der Waals surface area contributed by atoms with Crippen LogP contribution in [0.4, 0.5) is 0 Å². The maximum atomic E-state index is 14.7. The Balaban J connectivity index is 0.000000205. The average Bonchev–Trinajstić information content (AvgIpc) is 2.07. The van der Waals surface area contributed by atoms with Crippen LogP contribution in [0.1, 0.15) is 160 Å². The van der Waals surface area contributed by atoms with E-state index in [1.165, 1.54) is 0 Å². The van der Waals surface area contributed by atoms with Crippen molar-refractivity contribution in [2.45, 2.75) is 138 Å². The van der Waals surface area contributed by atoms with Crippen molar-refractivity contribution in [2.24, 2.45) is 0 Å². The van der Waals surface area contributed by atoms with Crippen molar-refractivity contribution in [3.8, 4) is 45.1 Å². The van der Waals surface area contributed by atoms with Crippen molar-refractivity contribution in [3.63, 3.8) is 0 Å². The molecule has 2 N–H and O–H groups in total. The summed E-state index contributed by atoms with van der Waals surface area (Å²) in [6, 6.07) is 45.7. The Morgan fingerprint density at radius 3 is 1.32 bits per heavy atom. The van der Waals surface area contributed by atoms with Crippen LogP contribution in [-0.4, -0.2) is 135 Å². The fourth-order valence-corrected chi connectivity index (χ4v) is 12.4. The van der Waals surface area contributed by atoms with E-state index in [4.69, 9.17) is 26.2 Å². The standard InChI is InChI=1S/C39H44N6O4.C36H41ClN4O3/c1-5-7-18-43(19-8-6-2)39(48)35-20-26(3)45(42-35)36-17-16-30(28-14-11-15-31(21-28)37-41-40-27(4)49-37)23-34(36)38(47)44-24-32-13-10-9-12-29(32)22-33(44)25-46;1-4-6-18-39(19-7-5-2)36(44)33-20-25(3)41(38-33)34-17-14-28(26-12-15-30(37)16-13-26)22-32(34)35(43)40-23-29-11-9-8-10-27(29)21-31(40)24-42/h9-17,20-21,23,33,46H,5-8,18-19,22,24-25H2,1-4H3;8-17,20,22,31,42H,4-7,18-19,21,23-24H2,1-3H3/t33-;31-/m00/s1. The molecule has 9 aromatic rings. The van der Waals surface area contributed by atoms with Crippen molar-refractivity contribution in [1.82, 2.24) is 49.4 Å². The lowest BCUT2D eigenvalue weighted by atomic mass is 9.93. The molecule has 0 radical (unpaired) electrons. The second-order valence-corrected chi connectivity index (χ2v) is 24.8. The van der Waals surface area contributed by atoms with Gasteiger partial charge in [0.1, 0.15) is 0 Å². The number of amides is 4. The third kappa shape index (κ3) is 15.4. The van der Waals surface area contributed by atoms with Gasteiger partial charge in [-0.3, -0.25) is 19.2 Å². The summed E-state index contributed by atoms with van der Waals surface area (Å²) in [5.74, 6) is 0.289. The molecule has 2 aliphatic rings. The summed E-state index contributed by atoms with van der Waals surface area (Å²) in [5.41, 5.74) is 12.9. The van der Waals surface area contributed by atoms with Crippen LogP contribution < -0.4 is 0 Å². The van der Waals surface area contributed by atoms with Crippen molar-refractivity contribution in [3.05, 3.63) is 213 Å². The van der Waals surface area contributed by atoms with Crippen LogP contribution in [0.5, 0.6) is 0 Å². The maximum absolute atomic E-state index is 14.7. The maximum Gasteiger partial charge on any atom is 0.274 e. The van der Waals surface area contributed by atoms with Gasteiger partial charge in [0.05, 0.1) is 47.8 Å². The summed E-state index contributed by atoms with van der Waals surface area (Å²) in [5, 5.41) is 39.2. The monoisotopic (exact) mass is 1270 g/mol. The van der Waals surface area contributed by atoms with Gasteiger partial charge in [0.25, 0.3) is 23.6 Å². The Morgan fingerprint density at radius 2 is 0.903 bits per heavy atom. The molecule has 0 bridgehead atoms. The molecule has 484 valence electrons. The number of carbonyl (C=O) groups excluding carboxylic acids is 4. The fraction of sp³-hybridized carbons (Fsp3) is 0.360. The SMILES string of the molecule is CCCCN(CCCC)C(=O)c1cc(C)n(-c2ccc(-c3ccc(Cl)cc3)cc2C(=O)N2Cc3ccccc3C[C@H]2CO)n1.CCCCN(CCCC)C(=O)c1cc(C)n(-c2ccc(-c3cccc(-c4nnc(C)o4)c3)cc2C(=O)N2Cc3ccccc3C[C@H]2CO)n1. The highest BCUT2D eigenvalue weighted by Crippen LogP contribution is 2.35. The smallest absolute Gasteiger partial charge is 0.274 e. The molecule has 0 fully saturated rings. The number of hydrogen-bond donors (Lipinski definition) is 2. The van der Waals surface area contributed by atoms with Crippen LogP contribution in [0, 0.1) is 20.8 Å². The molecular weight excluding hydrogens is 1190 g/mol. The van der Waals surface area contributed by atoms with Gasteiger partial charge in [-0.15, -0.1) is 10.2 Å². The minimum absolute atomic E-state index is 0.0904. The molecule has 6 aromatic carbocycles. The summed E-state index contributed by atoms with van der Waals surface area (Å²) in [4.78, 5) is 63.9. The van der Waals surface area contributed by atoms with E-state index in [1.54, 1.807) is 32.2 Å². The molecule has 0 aliphatic carbocycles. The van der Waals surface area contributed by atoms with Crippen molar-refractivity contribution in [2.75, 3.05) is 39.4 Å². The van der Waals surface area contributed by atoms with E-state index in [9.17, 15) is 29.4 Å². The number of carbonyl (C=O) groups is 4. The first kappa shape index (κ1) is 66.9. The second kappa shape index (κ2) is 31.1.